The van der Waals surface area contributed by atoms with Gasteiger partial charge in [0.05, 0.1) is 39.6 Å². The maximum absolute atomic E-state index is 12.8. The third kappa shape index (κ3) is 2.71. The smallest absolute Gasteiger partial charge is 0.312 e. The number of rotatable bonds is 3. The van der Waals surface area contributed by atoms with Crippen molar-refractivity contribution < 1.29 is 13.7 Å². The van der Waals surface area contributed by atoms with Crippen molar-refractivity contribution in [3.63, 3.8) is 0 Å². The second-order valence-corrected chi connectivity index (χ2v) is 6.87. The van der Waals surface area contributed by atoms with Crippen LogP contribution in [0.4, 0.5) is 0 Å². The number of fused-ring (bicyclic) bond motifs is 2. The van der Waals surface area contributed by atoms with Crippen molar-refractivity contribution in [3.05, 3.63) is 52.4 Å². The van der Waals surface area contributed by atoms with Crippen molar-refractivity contribution in [3.8, 4) is 0 Å². The highest BCUT2D eigenvalue weighted by molar-refractivity contribution is 7.84. The van der Waals surface area contributed by atoms with E-state index in [0.717, 1.165) is 0 Å². The van der Waals surface area contributed by atoms with E-state index < -0.39 is 16.7 Å². The quantitative estimate of drug-likeness (QED) is 0.535. The first-order chi connectivity index (χ1) is 11.4. The lowest BCUT2D eigenvalue weighted by Crippen LogP contribution is -2.17. The second-order valence-electron chi connectivity index (χ2n) is 5.49. The molecule has 3 aromatic rings. The zero-order valence-corrected chi connectivity index (χ0v) is 14.3. The summed E-state index contributed by atoms with van der Waals surface area (Å²) in [4.78, 5) is 29.5. The van der Waals surface area contributed by atoms with Gasteiger partial charge in [0.25, 0.3) is 5.56 Å². The molecule has 2 unspecified atom stereocenters. The van der Waals surface area contributed by atoms with Gasteiger partial charge in [0.1, 0.15) is 5.65 Å². The van der Waals surface area contributed by atoms with Gasteiger partial charge in [-0.05, 0) is 36.8 Å². The molecule has 0 radical (unpaired) electrons. The van der Waals surface area contributed by atoms with Crippen LogP contribution in [0.15, 0.2) is 46.2 Å². The molecule has 0 saturated carbocycles. The number of carbonyl (C=O) groups excluding carboxylic acids is 1. The number of esters is 1. The van der Waals surface area contributed by atoms with Crippen molar-refractivity contribution in [2.45, 2.75) is 17.7 Å². The fraction of sp³-hybridized carbons (Fsp3) is 0.235. The van der Waals surface area contributed by atoms with Crippen LogP contribution in [0.25, 0.3) is 16.6 Å². The summed E-state index contributed by atoms with van der Waals surface area (Å²) < 4.78 is 17.8. The van der Waals surface area contributed by atoms with Crippen molar-refractivity contribution in [2.24, 2.45) is 0 Å². The molecule has 0 bridgehead atoms. The Labute approximate surface area is 140 Å². The first kappa shape index (κ1) is 16.3. The van der Waals surface area contributed by atoms with Crippen molar-refractivity contribution in [1.29, 1.82) is 0 Å². The highest BCUT2D eigenvalue weighted by Gasteiger charge is 2.17. The summed E-state index contributed by atoms with van der Waals surface area (Å²) in [5, 5.41) is 0.403. The predicted octanol–water partition coefficient (Wildman–Crippen LogP) is 1.86. The average Bonchev–Trinajstić information content (AvgIpc) is 2.60. The number of hydrogen-bond donors (Lipinski definition) is 0. The molecule has 7 heteroatoms. The Morgan fingerprint density at radius 1 is 1.29 bits per heavy atom. The molecule has 0 fully saturated rings. The molecule has 1 aromatic carbocycles. The summed E-state index contributed by atoms with van der Waals surface area (Å²) in [6.45, 7) is 1.72. The van der Waals surface area contributed by atoms with Gasteiger partial charge in [0.2, 0.25) is 0 Å². The van der Waals surface area contributed by atoms with Gasteiger partial charge in [0.15, 0.2) is 0 Å². The molecule has 0 saturated heterocycles. The highest BCUT2D eigenvalue weighted by atomic mass is 32.2. The average molecular weight is 344 g/mol. The van der Waals surface area contributed by atoms with E-state index in [1.54, 1.807) is 43.5 Å². The predicted molar refractivity (Wildman–Crippen MR) is 91.7 cm³/mol. The normalized spacial score (nSPS) is 13.8. The third-order valence-electron chi connectivity index (χ3n) is 3.99. The SMILES string of the molecule is COC(=O)C(C)c1ccc2nc3ccc(S(C)=O)cn3c(=O)c2c1. The Morgan fingerprint density at radius 3 is 2.71 bits per heavy atom. The molecule has 0 spiro atoms. The lowest BCUT2D eigenvalue weighted by atomic mass is 10.00. The van der Waals surface area contributed by atoms with Crippen LogP contribution in [-0.4, -0.2) is 32.9 Å². The van der Waals surface area contributed by atoms with E-state index in [4.69, 9.17) is 4.74 Å². The van der Waals surface area contributed by atoms with Gasteiger partial charge in [0, 0.05) is 12.5 Å². The monoisotopic (exact) mass is 344 g/mol. The Kier molecular flexibility index (Phi) is 4.19. The number of carbonyl (C=O) groups is 1. The van der Waals surface area contributed by atoms with Gasteiger partial charge in [-0.3, -0.25) is 18.2 Å². The van der Waals surface area contributed by atoms with Crippen LogP contribution in [0.5, 0.6) is 0 Å². The highest BCUT2D eigenvalue weighted by Crippen LogP contribution is 2.20. The van der Waals surface area contributed by atoms with Crippen LogP contribution in [0, 0.1) is 0 Å². The fourth-order valence-corrected chi connectivity index (χ4v) is 3.07. The van der Waals surface area contributed by atoms with E-state index in [9.17, 15) is 13.8 Å². The lowest BCUT2D eigenvalue weighted by molar-refractivity contribution is -0.141. The summed E-state index contributed by atoms with van der Waals surface area (Å²) in [6.07, 6.45) is 3.09. The zero-order chi connectivity index (χ0) is 17.4. The molecule has 6 nitrogen and oxygen atoms in total. The first-order valence-electron chi connectivity index (χ1n) is 7.29. The van der Waals surface area contributed by atoms with Crippen LogP contribution < -0.4 is 5.56 Å². The van der Waals surface area contributed by atoms with Crippen LogP contribution in [-0.2, 0) is 20.3 Å². The molecule has 0 aliphatic rings. The largest absolute Gasteiger partial charge is 0.469 e. The first-order valence-corrected chi connectivity index (χ1v) is 8.85. The van der Waals surface area contributed by atoms with Gasteiger partial charge in [-0.1, -0.05) is 6.07 Å². The minimum atomic E-state index is -1.19. The summed E-state index contributed by atoms with van der Waals surface area (Å²) >= 11 is 0. The molecule has 0 aliphatic heterocycles. The van der Waals surface area contributed by atoms with Gasteiger partial charge < -0.3 is 4.74 Å². The molecule has 3 rings (SSSR count). The molecule has 0 aliphatic carbocycles. The Bertz CT molecular complexity index is 1040. The third-order valence-corrected chi connectivity index (χ3v) is 4.90. The zero-order valence-electron chi connectivity index (χ0n) is 13.5. The minimum Gasteiger partial charge on any atom is -0.469 e. The van der Waals surface area contributed by atoms with E-state index in [0.29, 0.717) is 27.0 Å². The summed E-state index contributed by atoms with van der Waals surface area (Å²) in [5.74, 6) is -0.846. The Balaban J connectivity index is 2.26. The topological polar surface area (TPSA) is 77.7 Å². The Hall–Kier alpha value is -2.54. The standard InChI is InChI=1S/C17H16N2O4S/c1-10(17(21)23-2)11-4-6-14-13(8-11)16(20)19-9-12(24(3)22)5-7-15(19)18-14/h4-10H,1-3H3. The number of hydrogen-bond acceptors (Lipinski definition) is 5. The maximum atomic E-state index is 12.8. The van der Waals surface area contributed by atoms with Gasteiger partial charge in [-0.2, -0.15) is 0 Å². The van der Waals surface area contributed by atoms with E-state index in [-0.39, 0.29) is 11.5 Å². The van der Waals surface area contributed by atoms with Crippen LogP contribution in [0.3, 0.4) is 0 Å². The summed E-state index contributed by atoms with van der Waals surface area (Å²) in [5.41, 5.74) is 1.45. The molecule has 24 heavy (non-hydrogen) atoms. The van der Waals surface area contributed by atoms with Crippen molar-refractivity contribution >= 4 is 33.3 Å². The lowest BCUT2D eigenvalue weighted by Gasteiger charge is -2.11. The van der Waals surface area contributed by atoms with E-state index in [1.165, 1.54) is 17.7 Å². The molecule has 0 amide bonds. The summed E-state index contributed by atoms with van der Waals surface area (Å²) in [6, 6.07) is 8.51. The van der Waals surface area contributed by atoms with Gasteiger partial charge in [-0.25, -0.2) is 4.98 Å². The van der Waals surface area contributed by atoms with E-state index in [2.05, 4.69) is 4.98 Å². The summed E-state index contributed by atoms with van der Waals surface area (Å²) in [7, 11) is 0.135. The van der Waals surface area contributed by atoms with Crippen LogP contribution in [0.2, 0.25) is 0 Å². The van der Waals surface area contributed by atoms with E-state index in [1.807, 2.05) is 0 Å². The second kappa shape index (κ2) is 6.16. The Morgan fingerprint density at radius 2 is 2.04 bits per heavy atom. The maximum Gasteiger partial charge on any atom is 0.312 e. The van der Waals surface area contributed by atoms with Crippen LogP contribution >= 0.6 is 0 Å². The molecule has 2 atom stereocenters. The van der Waals surface area contributed by atoms with Gasteiger partial charge in [-0.15, -0.1) is 0 Å². The molecule has 2 aromatic heterocycles. The molecule has 2 heterocycles. The van der Waals surface area contributed by atoms with Crippen molar-refractivity contribution in [1.82, 2.24) is 9.38 Å². The number of benzene rings is 1. The number of aromatic nitrogens is 2. The minimum absolute atomic E-state index is 0.263. The number of methoxy groups -OCH3 is 1. The molecule has 0 N–H and O–H groups in total. The number of nitrogens with zero attached hydrogens (tertiary/aromatic N) is 2. The molecular formula is C17H16N2O4S. The van der Waals surface area contributed by atoms with Gasteiger partial charge >= 0.3 is 5.97 Å². The number of pyridine rings is 1. The number of ether oxygens (including phenoxy) is 1. The molecule has 124 valence electrons. The van der Waals surface area contributed by atoms with Crippen molar-refractivity contribution in [2.75, 3.05) is 13.4 Å². The fourth-order valence-electron chi connectivity index (χ4n) is 2.56. The molecular weight excluding hydrogens is 328 g/mol. The van der Waals surface area contributed by atoms with E-state index >= 15 is 0 Å². The van der Waals surface area contributed by atoms with Crippen LogP contribution in [0.1, 0.15) is 18.4 Å².